The van der Waals surface area contributed by atoms with Crippen LogP contribution < -0.4 is 15.8 Å². The Balaban J connectivity index is 1.95. The third-order valence-electron chi connectivity index (χ3n) is 3.12. The molecule has 0 radical (unpaired) electrons. The molecule has 3 N–H and O–H groups in total. The molecule has 0 aliphatic rings. The van der Waals surface area contributed by atoms with Crippen LogP contribution >= 0.6 is 28.1 Å². The van der Waals surface area contributed by atoms with Crippen molar-refractivity contribution >= 4 is 38.8 Å². The van der Waals surface area contributed by atoms with Crippen molar-refractivity contribution in [2.24, 2.45) is 5.73 Å². The standard InChI is InChI=1S/C16H17BrN2OS/c1-20-13-4-2-3-11(9-13)7-8-19-15-6-5-12(16(18)21)10-14(15)17/h2-6,9-10,19H,7-8H2,1H3,(H2,18,21). The Bertz CT molecular complexity index is 646. The first-order valence-electron chi connectivity index (χ1n) is 6.56. The number of nitrogens with one attached hydrogen (secondary N) is 1. The molecular formula is C16H17BrN2OS. The van der Waals surface area contributed by atoms with E-state index in [4.69, 9.17) is 22.7 Å². The van der Waals surface area contributed by atoms with Gasteiger partial charge in [0.25, 0.3) is 0 Å². The summed E-state index contributed by atoms with van der Waals surface area (Å²) in [7, 11) is 1.68. The second-order valence-electron chi connectivity index (χ2n) is 4.59. The predicted octanol–water partition coefficient (Wildman–Crippen LogP) is 3.75. The van der Waals surface area contributed by atoms with E-state index in [1.165, 1.54) is 5.56 Å². The number of nitrogens with two attached hydrogens (primary N) is 1. The lowest BCUT2D eigenvalue weighted by atomic mass is 10.1. The van der Waals surface area contributed by atoms with E-state index in [2.05, 4.69) is 27.3 Å². The molecule has 110 valence electrons. The highest BCUT2D eigenvalue weighted by Gasteiger charge is 2.03. The molecule has 5 heteroatoms. The number of hydrogen-bond acceptors (Lipinski definition) is 3. The Labute approximate surface area is 138 Å². The topological polar surface area (TPSA) is 47.3 Å². The van der Waals surface area contributed by atoms with Gasteiger partial charge in [-0.05, 0) is 58.2 Å². The molecular weight excluding hydrogens is 348 g/mol. The first-order chi connectivity index (χ1) is 10.1. The molecule has 0 saturated carbocycles. The van der Waals surface area contributed by atoms with Gasteiger partial charge in [-0.15, -0.1) is 0 Å². The van der Waals surface area contributed by atoms with E-state index in [0.29, 0.717) is 4.99 Å². The number of hydrogen-bond donors (Lipinski definition) is 2. The highest BCUT2D eigenvalue weighted by molar-refractivity contribution is 9.10. The lowest BCUT2D eigenvalue weighted by Gasteiger charge is -2.10. The Morgan fingerprint density at radius 3 is 2.76 bits per heavy atom. The second-order valence-corrected chi connectivity index (χ2v) is 5.88. The molecule has 0 aliphatic carbocycles. The van der Waals surface area contributed by atoms with Crippen molar-refractivity contribution in [3.05, 3.63) is 58.1 Å². The molecule has 0 aromatic heterocycles. The normalized spacial score (nSPS) is 10.2. The van der Waals surface area contributed by atoms with Crippen molar-refractivity contribution in [3.8, 4) is 5.75 Å². The van der Waals surface area contributed by atoms with Crippen molar-refractivity contribution in [2.75, 3.05) is 19.0 Å². The second kappa shape index (κ2) is 7.43. The van der Waals surface area contributed by atoms with Gasteiger partial charge in [0.15, 0.2) is 0 Å². The molecule has 21 heavy (non-hydrogen) atoms. The number of halogens is 1. The number of benzene rings is 2. The van der Waals surface area contributed by atoms with Gasteiger partial charge in [0.1, 0.15) is 10.7 Å². The summed E-state index contributed by atoms with van der Waals surface area (Å²) in [5, 5.41) is 3.39. The molecule has 3 nitrogen and oxygen atoms in total. The average molecular weight is 365 g/mol. The van der Waals surface area contributed by atoms with Crippen molar-refractivity contribution in [2.45, 2.75) is 6.42 Å². The van der Waals surface area contributed by atoms with Crippen molar-refractivity contribution in [3.63, 3.8) is 0 Å². The van der Waals surface area contributed by atoms with Crippen LogP contribution in [0.15, 0.2) is 46.9 Å². The van der Waals surface area contributed by atoms with Gasteiger partial charge in [-0.25, -0.2) is 0 Å². The molecule has 2 rings (SSSR count). The average Bonchev–Trinajstić information content (AvgIpc) is 2.49. The van der Waals surface area contributed by atoms with Crippen LogP contribution in [0.2, 0.25) is 0 Å². The van der Waals surface area contributed by atoms with E-state index >= 15 is 0 Å². The predicted molar refractivity (Wildman–Crippen MR) is 95.2 cm³/mol. The monoisotopic (exact) mass is 364 g/mol. The molecule has 0 amide bonds. The number of ether oxygens (including phenoxy) is 1. The van der Waals surface area contributed by atoms with Crippen molar-refractivity contribution in [1.82, 2.24) is 0 Å². The van der Waals surface area contributed by atoms with Gasteiger partial charge in [0.2, 0.25) is 0 Å². The van der Waals surface area contributed by atoms with Gasteiger partial charge in [-0.2, -0.15) is 0 Å². The third kappa shape index (κ3) is 4.44. The van der Waals surface area contributed by atoms with Crippen LogP contribution in [0, 0.1) is 0 Å². The van der Waals surface area contributed by atoms with E-state index in [1.54, 1.807) is 7.11 Å². The van der Waals surface area contributed by atoms with Crippen LogP contribution in [-0.4, -0.2) is 18.6 Å². The molecule has 0 unspecified atom stereocenters. The minimum atomic E-state index is 0.402. The minimum absolute atomic E-state index is 0.402. The molecule has 0 spiro atoms. The molecule has 0 saturated heterocycles. The summed E-state index contributed by atoms with van der Waals surface area (Å²) in [6, 6.07) is 13.9. The highest BCUT2D eigenvalue weighted by Crippen LogP contribution is 2.23. The zero-order valence-corrected chi connectivity index (χ0v) is 14.1. The maximum Gasteiger partial charge on any atom is 0.119 e. The lowest BCUT2D eigenvalue weighted by Crippen LogP contribution is -2.10. The third-order valence-corrected chi connectivity index (χ3v) is 4.01. The summed E-state index contributed by atoms with van der Waals surface area (Å²) in [4.78, 5) is 0.402. The SMILES string of the molecule is COc1cccc(CCNc2ccc(C(N)=S)cc2Br)c1. The summed E-state index contributed by atoms with van der Waals surface area (Å²) in [6.07, 6.45) is 0.917. The van der Waals surface area contributed by atoms with E-state index in [9.17, 15) is 0 Å². The Morgan fingerprint density at radius 2 is 2.10 bits per heavy atom. The van der Waals surface area contributed by atoms with Gasteiger partial charge in [0, 0.05) is 22.3 Å². The van der Waals surface area contributed by atoms with E-state index in [1.807, 2.05) is 36.4 Å². The summed E-state index contributed by atoms with van der Waals surface area (Å²) in [5.74, 6) is 0.884. The summed E-state index contributed by atoms with van der Waals surface area (Å²) < 4.78 is 6.18. The first kappa shape index (κ1) is 15.8. The van der Waals surface area contributed by atoms with Crippen LogP contribution in [0.4, 0.5) is 5.69 Å². The molecule has 0 fully saturated rings. The zero-order valence-electron chi connectivity index (χ0n) is 11.7. The smallest absolute Gasteiger partial charge is 0.119 e. The molecule has 2 aromatic rings. The Kier molecular flexibility index (Phi) is 5.59. The number of anilines is 1. The maximum atomic E-state index is 5.61. The minimum Gasteiger partial charge on any atom is -0.497 e. The van der Waals surface area contributed by atoms with Crippen LogP contribution in [-0.2, 0) is 6.42 Å². The largest absolute Gasteiger partial charge is 0.497 e. The van der Waals surface area contributed by atoms with Gasteiger partial charge in [-0.1, -0.05) is 24.4 Å². The number of rotatable bonds is 6. The van der Waals surface area contributed by atoms with Crippen LogP contribution in [0.3, 0.4) is 0 Å². The summed E-state index contributed by atoms with van der Waals surface area (Å²) in [6.45, 7) is 0.832. The van der Waals surface area contributed by atoms with E-state index in [0.717, 1.165) is 34.4 Å². The zero-order chi connectivity index (χ0) is 15.2. The van der Waals surface area contributed by atoms with Crippen molar-refractivity contribution in [1.29, 1.82) is 0 Å². The van der Waals surface area contributed by atoms with Gasteiger partial charge >= 0.3 is 0 Å². The Hall–Kier alpha value is -1.59. The highest BCUT2D eigenvalue weighted by atomic mass is 79.9. The summed E-state index contributed by atoms with van der Waals surface area (Å²) >= 11 is 8.49. The number of thiocarbonyl (C=S) groups is 1. The van der Waals surface area contributed by atoms with E-state index in [-0.39, 0.29) is 0 Å². The molecule has 0 heterocycles. The summed E-state index contributed by atoms with van der Waals surface area (Å²) in [5.41, 5.74) is 8.73. The molecule has 2 aromatic carbocycles. The van der Waals surface area contributed by atoms with Gasteiger partial charge in [-0.3, -0.25) is 0 Å². The van der Waals surface area contributed by atoms with Gasteiger partial charge < -0.3 is 15.8 Å². The van der Waals surface area contributed by atoms with Crippen molar-refractivity contribution < 1.29 is 4.74 Å². The maximum absolute atomic E-state index is 5.61. The lowest BCUT2D eigenvalue weighted by molar-refractivity contribution is 0.414. The fourth-order valence-electron chi connectivity index (χ4n) is 1.98. The van der Waals surface area contributed by atoms with Crippen LogP contribution in [0.1, 0.15) is 11.1 Å². The van der Waals surface area contributed by atoms with Crippen LogP contribution in [0.25, 0.3) is 0 Å². The first-order valence-corrected chi connectivity index (χ1v) is 7.76. The van der Waals surface area contributed by atoms with E-state index < -0.39 is 0 Å². The fraction of sp³-hybridized carbons (Fsp3) is 0.188. The number of methoxy groups -OCH3 is 1. The quantitative estimate of drug-likeness (QED) is 0.766. The fourth-order valence-corrected chi connectivity index (χ4v) is 2.63. The Morgan fingerprint density at radius 1 is 1.29 bits per heavy atom. The van der Waals surface area contributed by atoms with Gasteiger partial charge in [0.05, 0.1) is 7.11 Å². The molecule has 0 aliphatic heterocycles. The molecule has 0 bridgehead atoms. The van der Waals surface area contributed by atoms with Crippen LogP contribution in [0.5, 0.6) is 5.75 Å². The molecule has 0 atom stereocenters.